The zero-order valence-corrected chi connectivity index (χ0v) is 15.4. The van der Waals surface area contributed by atoms with Crippen LogP contribution in [0.5, 0.6) is 23.1 Å². The topological polar surface area (TPSA) is 99.7 Å². The molecule has 0 bridgehead atoms. The molecule has 3 aromatic rings. The van der Waals surface area contributed by atoms with Gasteiger partial charge in [-0.25, -0.2) is 9.97 Å². The van der Waals surface area contributed by atoms with E-state index in [0.29, 0.717) is 48.1 Å². The van der Waals surface area contributed by atoms with Crippen molar-refractivity contribution < 1.29 is 18.9 Å². The summed E-state index contributed by atoms with van der Waals surface area (Å²) >= 11 is 0. The van der Waals surface area contributed by atoms with Crippen molar-refractivity contribution in [3.05, 3.63) is 42.7 Å². The van der Waals surface area contributed by atoms with Gasteiger partial charge in [-0.15, -0.1) is 0 Å². The molecule has 9 heteroatoms. The van der Waals surface area contributed by atoms with E-state index in [1.165, 1.54) is 0 Å². The molecular formula is C19H19N5O4. The van der Waals surface area contributed by atoms with E-state index in [4.69, 9.17) is 18.9 Å². The minimum atomic E-state index is 0.433. The third kappa shape index (κ3) is 3.83. The Hall–Kier alpha value is -3.75. The molecule has 0 atom stereocenters. The van der Waals surface area contributed by atoms with E-state index in [2.05, 4.69) is 25.6 Å². The average Bonchev–Trinajstić information content (AvgIpc) is 2.74. The lowest BCUT2D eigenvalue weighted by Gasteiger charge is -2.17. The van der Waals surface area contributed by atoms with Crippen molar-refractivity contribution in [1.29, 1.82) is 0 Å². The molecule has 28 heavy (non-hydrogen) atoms. The number of pyridine rings is 1. The zero-order chi connectivity index (χ0) is 19.3. The average molecular weight is 381 g/mol. The number of nitrogens with zero attached hydrogens (tertiary/aromatic N) is 3. The fraction of sp³-hybridized carbons (Fsp3) is 0.211. The zero-order valence-electron chi connectivity index (χ0n) is 15.4. The highest BCUT2D eigenvalue weighted by atomic mass is 16.6. The number of benzene rings is 1. The molecule has 0 radical (unpaired) electrons. The van der Waals surface area contributed by atoms with Crippen LogP contribution in [0, 0.1) is 0 Å². The molecule has 9 nitrogen and oxygen atoms in total. The van der Waals surface area contributed by atoms with E-state index in [9.17, 15) is 0 Å². The van der Waals surface area contributed by atoms with Crippen LogP contribution < -0.4 is 29.6 Å². The molecule has 3 heterocycles. The van der Waals surface area contributed by atoms with Crippen molar-refractivity contribution in [2.45, 2.75) is 0 Å². The van der Waals surface area contributed by atoms with Gasteiger partial charge in [0.1, 0.15) is 19.0 Å². The standard InChI is InChI=1S/C19H19N5O4/c1-25-14-4-3-12(9-15(14)26-2)23-19-20-6-5-17(24-19)22-13-10-16-18(21-11-13)28-8-7-27-16/h3-6,9-11H,7-8H2,1-2H3,(H2,20,22,23,24). The van der Waals surface area contributed by atoms with E-state index < -0.39 is 0 Å². The number of rotatable bonds is 6. The second kappa shape index (κ2) is 7.87. The minimum absolute atomic E-state index is 0.433. The van der Waals surface area contributed by atoms with Crippen LogP contribution in [0.1, 0.15) is 0 Å². The Morgan fingerprint density at radius 1 is 0.893 bits per heavy atom. The summed E-state index contributed by atoms with van der Waals surface area (Å²) in [6.07, 6.45) is 3.32. The van der Waals surface area contributed by atoms with Gasteiger partial charge in [0.2, 0.25) is 5.95 Å². The first-order valence-corrected chi connectivity index (χ1v) is 8.60. The summed E-state index contributed by atoms with van der Waals surface area (Å²) in [4.78, 5) is 13.0. The van der Waals surface area contributed by atoms with E-state index in [1.807, 2.05) is 24.3 Å². The lowest BCUT2D eigenvalue weighted by atomic mass is 10.3. The van der Waals surface area contributed by atoms with E-state index in [1.54, 1.807) is 32.7 Å². The smallest absolute Gasteiger partial charge is 0.257 e. The maximum atomic E-state index is 5.55. The lowest BCUT2D eigenvalue weighted by molar-refractivity contribution is 0.164. The summed E-state index contributed by atoms with van der Waals surface area (Å²) in [5.41, 5.74) is 1.51. The van der Waals surface area contributed by atoms with Crippen LogP contribution in [0.2, 0.25) is 0 Å². The molecule has 144 valence electrons. The molecule has 0 saturated carbocycles. The van der Waals surface area contributed by atoms with Crippen LogP contribution in [-0.2, 0) is 0 Å². The van der Waals surface area contributed by atoms with Crippen molar-refractivity contribution in [2.75, 3.05) is 38.1 Å². The molecule has 0 spiro atoms. The molecular weight excluding hydrogens is 362 g/mol. The molecule has 4 rings (SSSR count). The van der Waals surface area contributed by atoms with Gasteiger partial charge >= 0.3 is 0 Å². The maximum Gasteiger partial charge on any atom is 0.257 e. The van der Waals surface area contributed by atoms with E-state index in [0.717, 1.165) is 11.4 Å². The second-order valence-electron chi connectivity index (χ2n) is 5.81. The highest BCUT2D eigenvalue weighted by Crippen LogP contribution is 2.32. The first-order chi connectivity index (χ1) is 13.7. The number of nitrogens with one attached hydrogen (secondary N) is 2. The second-order valence-corrected chi connectivity index (χ2v) is 5.81. The summed E-state index contributed by atoms with van der Waals surface area (Å²) in [5, 5.41) is 6.34. The van der Waals surface area contributed by atoms with Gasteiger partial charge in [-0.3, -0.25) is 0 Å². The molecule has 0 aliphatic carbocycles. The monoisotopic (exact) mass is 381 g/mol. The van der Waals surface area contributed by atoms with Gasteiger partial charge in [-0.2, -0.15) is 4.98 Å². The van der Waals surface area contributed by atoms with Crippen molar-refractivity contribution in [2.24, 2.45) is 0 Å². The number of hydrogen-bond donors (Lipinski definition) is 2. The fourth-order valence-corrected chi connectivity index (χ4v) is 2.68. The van der Waals surface area contributed by atoms with Gasteiger partial charge in [0.05, 0.1) is 26.1 Å². The Labute approximate surface area is 161 Å². The summed E-state index contributed by atoms with van der Waals surface area (Å²) in [6.45, 7) is 1.01. The minimum Gasteiger partial charge on any atom is -0.493 e. The van der Waals surface area contributed by atoms with E-state index >= 15 is 0 Å². The number of aromatic nitrogens is 3. The molecule has 0 fully saturated rings. The Morgan fingerprint density at radius 3 is 2.61 bits per heavy atom. The van der Waals surface area contributed by atoms with Crippen molar-refractivity contribution >= 4 is 23.1 Å². The van der Waals surface area contributed by atoms with Crippen LogP contribution in [0.3, 0.4) is 0 Å². The number of anilines is 4. The van der Waals surface area contributed by atoms with Crippen LogP contribution in [0.15, 0.2) is 42.7 Å². The molecule has 1 aromatic carbocycles. The summed E-state index contributed by atoms with van der Waals surface area (Å²) < 4.78 is 21.5. The van der Waals surface area contributed by atoms with Gasteiger partial charge in [0, 0.05) is 24.0 Å². The molecule has 1 aliphatic rings. The van der Waals surface area contributed by atoms with Gasteiger partial charge in [-0.1, -0.05) is 0 Å². The van der Waals surface area contributed by atoms with Gasteiger partial charge in [-0.05, 0) is 18.2 Å². The van der Waals surface area contributed by atoms with Gasteiger partial charge in [0.25, 0.3) is 5.88 Å². The predicted molar refractivity (Wildman–Crippen MR) is 103 cm³/mol. The summed E-state index contributed by atoms with van der Waals surface area (Å²) in [7, 11) is 3.18. The third-order valence-corrected chi connectivity index (χ3v) is 3.97. The first-order valence-electron chi connectivity index (χ1n) is 8.60. The van der Waals surface area contributed by atoms with Gasteiger partial charge in [0.15, 0.2) is 17.2 Å². The highest BCUT2D eigenvalue weighted by molar-refractivity contribution is 5.63. The Balaban J connectivity index is 1.50. The molecule has 0 saturated heterocycles. The molecule has 2 N–H and O–H groups in total. The lowest BCUT2D eigenvalue weighted by Crippen LogP contribution is -2.16. The normalized spacial score (nSPS) is 12.2. The number of ether oxygens (including phenoxy) is 4. The highest BCUT2D eigenvalue weighted by Gasteiger charge is 2.14. The predicted octanol–water partition coefficient (Wildman–Crippen LogP) is 3.15. The van der Waals surface area contributed by atoms with Crippen LogP contribution in [0.4, 0.5) is 23.1 Å². The Kier molecular flexibility index (Phi) is 4.96. The van der Waals surface area contributed by atoms with Crippen molar-refractivity contribution in [3.8, 4) is 23.1 Å². The number of methoxy groups -OCH3 is 2. The van der Waals surface area contributed by atoms with Crippen molar-refractivity contribution in [3.63, 3.8) is 0 Å². The number of hydrogen-bond acceptors (Lipinski definition) is 9. The number of fused-ring (bicyclic) bond motifs is 1. The van der Waals surface area contributed by atoms with Gasteiger partial charge < -0.3 is 29.6 Å². The van der Waals surface area contributed by atoms with Crippen LogP contribution >= 0.6 is 0 Å². The Morgan fingerprint density at radius 2 is 1.75 bits per heavy atom. The summed E-state index contributed by atoms with van der Waals surface area (Å²) in [5.74, 6) is 3.41. The van der Waals surface area contributed by atoms with Crippen LogP contribution in [-0.4, -0.2) is 42.4 Å². The quantitative estimate of drug-likeness (QED) is 0.667. The molecule has 0 unspecified atom stereocenters. The molecule has 0 amide bonds. The van der Waals surface area contributed by atoms with E-state index in [-0.39, 0.29) is 0 Å². The SMILES string of the molecule is COc1ccc(Nc2nccc(Nc3cnc4c(c3)OCCO4)n2)cc1OC. The molecule has 1 aliphatic heterocycles. The Bertz CT molecular complexity index is 926. The summed E-state index contributed by atoms with van der Waals surface area (Å²) in [6, 6.07) is 9.06. The largest absolute Gasteiger partial charge is 0.493 e. The third-order valence-electron chi connectivity index (χ3n) is 3.97. The molecule has 2 aromatic heterocycles. The first kappa shape index (κ1) is 17.7. The van der Waals surface area contributed by atoms with Crippen LogP contribution in [0.25, 0.3) is 0 Å². The fourth-order valence-electron chi connectivity index (χ4n) is 2.68. The van der Waals surface area contributed by atoms with Crippen molar-refractivity contribution in [1.82, 2.24) is 15.0 Å². The maximum absolute atomic E-state index is 5.55.